The van der Waals surface area contributed by atoms with Crippen LogP contribution in [0, 0.1) is 17.1 Å². The van der Waals surface area contributed by atoms with E-state index in [1.807, 2.05) is 37.3 Å². The van der Waals surface area contributed by atoms with Gasteiger partial charge in [-0.05, 0) is 85.6 Å². The van der Waals surface area contributed by atoms with E-state index in [0.717, 1.165) is 48.8 Å². The quantitative estimate of drug-likeness (QED) is 0.548. The highest BCUT2D eigenvalue weighted by Crippen LogP contribution is 2.34. The number of hydrogen-bond donors (Lipinski definition) is 0. The van der Waals surface area contributed by atoms with Gasteiger partial charge in [0, 0.05) is 0 Å². The Labute approximate surface area is 160 Å². The standard InChI is InChI=1S/C24H24FNO/c1-17(2)6-7-18-10-13-23(14-21(18)15-26)27-16-20-4-3-5-24(20)19-8-11-22(25)12-9-19/h8-14H,1,3-7,16H2,2H3. The molecule has 0 unspecified atom stereocenters. The number of ether oxygens (including phenoxy) is 1. The average molecular weight is 361 g/mol. The van der Waals surface area contributed by atoms with Crippen molar-refractivity contribution in [1.29, 1.82) is 5.26 Å². The van der Waals surface area contributed by atoms with Crippen molar-refractivity contribution in [3.63, 3.8) is 0 Å². The fourth-order valence-corrected chi connectivity index (χ4v) is 3.45. The predicted molar refractivity (Wildman–Crippen MR) is 107 cm³/mol. The molecule has 0 radical (unpaired) electrons. The first-order valence-electron chi connectivity index (χ1n) is 9.34. The second-order valence-corrected chi connectivity index (χ2v) is 7.12. The molecule has 0 aliphatic heterocycles. The van der Waals surface area contributed by atoms with Crippen LogP contribution in [0.15, 0.2) is 60.2 Å². The van der Waals surface area contributed by atoms with Crippen molar-refractivity contribution in [3.8, 4) is 11.8 Å². The maximum atomic E-state index is 13.2. The normalized spacial score (nSPS) is 13.5. The van der Waals surface area contributed by atoms with Crippen LogP contribution in [-0.4, -0.2) is 6.61 Å². The first-order chi connectivity index (χ1) is 13.1. The number of rotatable bonds is 7. The SMILES string of the molecule is C=C(C)CCc1ccc(OCC2=C(c3ccc(F)cc3)CCC2)cc1C#N. The molecule has 0 bridgehead atoms. The minimum absolute atomic E-state index is 0.217. The second kappa shape index (κ2) is 8.68. The third-order valence-corrected chi connectivity index (χ3v) is 4.96. The maximum Gasteiger partial charge on any atom is 0.123 e. The molecule has 1 aliphatic carbocycles. The van der Waals surface area contributed by atoms with E-state index in [2.05, 4.69) is 12.6 Å². The third kappa shape index (κ3) is 4.86. The summed E-state index contributed by atoms with van der Waals surface area (Å²) in [5.41, 5.74) is 6.38. The Morgan fingerprint density at radius 3 is 2.67 bits per heavy atom. The summed E-state index contributed by atoms with van der Waals surface area (Å²) < 4.78 is 19.2. The number of halogens is 1. The van der Waals surface area contributed by atoms with Crippen molar-refractivity contribution in [2.24, 2.45) is 0 Å². The lowest BCUT2D eigenvalue weighted by molar-refractivity contribution is 0.349. The smallest absolute Gasteiger partial charge is 0.123 e. The van der Waals surface area contributed by atoms with Crippen LogP contribution >= 0.6 is 0 Å². The topological polar surface area (TPSA) is 33.0 Å². The van der Waals surface area contributed by atoms with E-state index in [1.165, 1.54) is 23.3 Å². The first-order valence-corrected chi connectivity index (χ1v) is 9.34. The molecule has 0 N–H and O–H groups in total. The van der Waals surface area contributed by atoms with E-state index in [9.17, 15) is 9.65 Å². The Hall–Kier alpha value is -2.86. The van der Waals surface area contributed by atoms with E-state index < -0.39 is 0 Å². The summed E-state index contributed by atoms with van der Waals surface area (Å²) in [5, 5.41) is 9.43. The van der Waals surface area contributed by atoms with Gasteiger partial charge in [0.15, 0.2) is 0 Å². The van der Waals surface area contributed by atoms with Gasteiger partial charge in [-0.25, -0.2) is 4.39 Å². The maximum absolute atomic E-state index is 13.2. The van der Waals surface area contributed by atoms with Gasteiger partial charge >= 0.3 is 0 Å². The molecule has 0 aromatic heterocycles. The van der Waals surface area contributed by atoms with Crippen LogP contribution in [0.25, 0.3) is 5.57 Å². The van der Waals surface area contributed by atoms with Gasteiger partial charge in [-0.15, -0.1) is 6.58 Å². The molecule has 2 aromatic rings. The van der Waals surface area contributed by atoms with Crippen molar-refractivity contribution in [2.45, 2.75) is 39.0 Å². The lowest BCUT2D eigenvalue weighted by Crippen LogP contribution is -2.02. The number of benzene rings is 2. The molecule has 3 heteroatoms. The van der Waals surface area contributed by atoms with Gasteiger partial charge in [-0.2, -0.15) is 5.26 Å². The van der Waals surface area contributed by atoms with Gasteiger partial charge in [0.05, 0.1) is 11.6 Å². The van der Waals surface area contributed by atoms with Gasteiger partial charge in [-0.1, -0.05) is 23.8 Å². The van der Waals surface area contributed by atoms with E-state index in [4.69, 9.17) is 4.74 Å². The number of aryl methyl sites for hydroxylation is 1. The van der Waals surface area contributed by atoms with Crippen LogP contribution in [-0.2, 0) is 6.42 Å². The molecule has 27 heavy (non-hydrogen) atoms. The second-order valence-electron chi connectivity index (χ2n) is 7.12. The van der Waals surface area contributed by atoms with Gasteiger partial charge < -0.3 is 4.74 Å². The fourth-order valence-electron chi connectivity index (χ4n) is 3.45. The van der Waals surface area contributed by atoms with E-state index in [0.29, 0.717) is 17.9 Å². The van der Waals surface area contributed by atoms with Crippen LogP contribution in [0.5, 0.6) is 5.75 Å². The minimum atomic E-state index is -0.217. The molecule has 0 spiro atoms. The van der Waals surface area contributed by atoms with E-state index >= 15 is 0 Å². The molecule has 2 nitrogen and oxygen atoms in total. The molecule has 1 aliphatic rings. The molecule has 0 heterocycles. The molecule has 0 fully saturated rings. The van der Waals surface area contributed by atoms with Crippen molar-refractivity contribution in [1.82, 2.24) is 0 Å². The summed E-state index contributed by atoms with van der Waals surface area (Å²) in [6, 6.07) is 14.7. The molecule has 2 aromatic carbocycles. The highest BCUT2D eigenvalue weighted by molar-refractivity contribution is 5.70. The van der Waals surface area contributed by atoms with Crippen LogP contribution in [0.1, 0.15) is 49.3 Å². The van der Waals surface area contributed by atoms with Crippen molar-refractivity contribution >= 4 is 5.57 Å². The third-order valence-electron chi connectivity index (χ3n) is 4.96. The van der Waals surface area contributed by atoms with Crippen LogP contribution in [0.2, 0.25) is 0 Å². The summed E-state index contributed by atoms with van der Waals surface area (Å²) in [5.74, 6) is 0.495. The van der Waals surface area contributed by atoms with Crippen LogP contribution in [0.3, 0.4) is 0 Å². The molecule has 0 saturated carbocycles. The Balaban J connectivity index is 1.72. The number of nitriles is 1. The van der Waals surface area contributed by atoms with E-state index in [1.54, 1.807) is 0 Å². The zero-order valence-electron chi connectivity index (χ0n) is 15.7. The highest BCUT2D eigenvalue weighted by atomic mass is 19.1. The van der Waals surface area contributed by atoms with Gasteiger partial charge in [0.1, 0.15) is 18.2 Å². The number of nitrogens with zero attached hydrogens (tertiary/aromatic N) is 1. The van der Waals surface area contributed by atoms with E-state index in [-0.39, 0.29) is 5.82 Å². The zero-order chi connectivity index (χ0) is 19.2. The molecule has 0 amide bonds. The van der Waals surface area contributed by atoms with Crippen molar-refractivity contribution < 1.29 is 9.13 Å². The minimum Gasteiger partial charge on any atom is -0.489 e. The molecule has 0 saturated heterocycles. The van der Waals surface area contributed by atoms with Crippen molar-refractivity contribution in [2.75, 3.05) is 6.61 Å². The molecule has 0 atom stereocenters. The van der Waals surface area contributed by atoms with Crippen LogP contribution < -0.4 is 4.74 Å². The summed E-state index contributed by atoms with van der Waals surface area (Å²) in [4.78, 5) is 0. The van der Waals surface area contributed by atoms with Gasteiger partial charge in [-0.3, -0.25) is 0 Å². The monoisotopic (exact) mass is 361 g/mol. The molecular formula is C24H24FNO. The summed E-state index contributed by atoms with van der Waals surface area (Å²) >= 11 is 0. The van der Waals surface area contributed by atoms with Crippen molar-refractivity contribution in [3.05, 3.63) is 82.7 Å². The summed E-state index contributed by atoms with van der Waals surface area (Å²) in [6.07, 6.45) is 4.78. The molecule has 138 valence electrons. The largest absolute Gasteiger partial charge is 0.489 e. The summed E-state index contributed by atoms with van der Waals surface area (Å²) in [7, 11) is 0. The average Bonchev–Trinajstić information content (AvgIpc) is 3.14. The van der Waals surface area contributed by atoms with Gasteiger partial charge in [0.2, 0.25) is 0 Å². The number of allylic oxidation sites excluding steroid dienone is 2. The Morgan fingerprint density at radius 1 is 1.19 bits per heavy atom. The number of hydrogen-bond acceptors (Lipinski definition) is 2. The predicted octanol–water partition coefficient (Wildman–Crippen LogP) is 6.22. The Bertz CT molecular complexity index is 903. The Kier molecular flexibility index (Phi) is 6.08. The lowest BCUT2D eigenvalue weighted by atomic mass is 10.0. The Morgan fingerprint density at radius 2 is 1.96 bits per heavy atom. The highest BCUT2D eigenvalue weighted by Gasteiger charge is 2.17. The molecule has 3 rings (SSSR count). The lowest BCUT2D eigenvalue weighted by Gasteiger charge is -2.12. The summed E-state index contributed by atoms with van der Waals surface area (Å²) in [6.45, 7) is 6.42. The first kappa shape index (κ1) is 18.9. The zero-order valence-corrected chi connectivity index (χ0v) is 15.7. The van der Waals surface area contributed by atoms with Gasteiger partial charge in [0.25, 0.3) is 0 Å². The van der Waals surface area contributed by atoms with Crippen LogP contribution in [0.4, 0.5) is 4.39 Å². The molecular weight excluding hydrogens is 337 g/mol. The fraction of sp³-hybridized carbons (Fsp3) is 0.292.